The lowest BCUT2D eigenvalue weighted by molar-refractivity contribution is 0.520. The Morgan fingerprint density at radius 3 is 2.29 bits per heavy atom. The van der Waals surface area contributed by atoms with Crippen LogP contribution >= 0.6 is 15.9 Å². The zero-order chi connectivity index (χ0) is 12.7. The van der Waals surface area contributed by atoms with E-state index in [2.05, 4.69) is 26.2 Å². The Morgan fingerprint density at radius 1 is 1.29 bits per heavy atom. The standard InChI is InChI=1S/C6H5BrN4.C5H11N/c7-5-3(1-8)4(9)2-11-6(5)10;1-2-4-6-5-3-1/h2H,9H2,(H2,10,11);6H,1-5H2. The molecule has 0 amide bonds. The van der Waals surface area contributed by atoms with Gasteiger partial charge in [0.2, 0.25) is 0 Å². The van der Waals surface area contributed by atoms with Gasteiger partial charge in [-0.3, -0.25) is 0 Å². The first-order valence-electron chi connectivity index (χ1n) is 5.47. The van der Waals surface area contributed by atoms with Crippen molar-refractivity contribution in [1.82, 2.24) is 10.3 Å². The molecule has 17 heavy (non-hydrogen) atoms. The Balaban J connectivity index is 0.000000202. The molecule has 2 rings (SSSR count). The quantitative estimate of drug-likeness (QED) is 0.676. The molecule has 0 aliphatic carbocycles. The van der Waals surface area contributed by atoms with Crippen LogP contribution in [0.1, 0.15) is 24.8 Å². The van der Waals surface area contributed by atoms with Crippen LogP contribution in [0.4, 0.5) is 11.5 Å². The number of nitrogens with two attached hydrogens (primary N) is 2. The molecule has 2 heterocycles. The molecule has 1 aliphatic rings. The van der Waals surface area contributed by atoms with Crippen molar-refractivity contribution >= 4 is 27.4 Å². The zero-order valence-corrected chi connectivity index (χ0v) is 11.1. The van der Waals surface area contributed by atoms with Crippen LogP contribution in [0.15, 0.2) is 10.7 Å². The molecule has 5 N–H and O–H groups in total. The van der Waals surface area contributed by atoms with Crippen molar-refractivity contribution in [3.8, 4) is 6.07 Å². The minimum absolute atomic E-state index is 0.274. The number of hydrogen-bond donors (Lipinski definition) is 3. The molecule has 1 fully saturated rings. The summed E-state index contributed by atoms with van der Waals surface area (Å²) in [6, 6.07) is 1.91. The van der Waals surface area contributed by atoms with Crippen LogP contribution in [0.3, 0.4) is 0 Å². The molecule has 0 unspecified atom stereocenters. The number of nitrogens with one attached hydrogen (secondary N) is 1. The van der Waals surface area contributed by atoms with E-state index < -0.39 is 0 Å². The Labute approximate surface area is 109 Å². The summed E-state index contributed by atoms with van der Waals surface area (Å²) in [6.07, 6.45) is 5.58. The molecule has 0 bridgehead atoms. The number of piperidine rings is 1. The van der Waals surface area contributed by atoms with Crippen LogP contribution < -0.4 is 16.8 Å². The Bertz CT molecular complexity index is 398. The normalized spacial score (nSPS) is 14.4. The van der Waals surface area contributed by atoms with E-state index in [4.69, 9.17) is 16.7 Å². The van der Waals surface area contributed by atoms with Gasteiger partial charge < -0.3 is 16.8 Å². The van der Waals surface area contributed by atoms with Gasteiger partial charge in [-0.2, -0.15) is 5.26 Å². The van der Waals surface area contributed by atoms with Gasteiger partial charge >= 0.3 is 0 Å². The van der Waals surface area contributed by atoms with Gasteiger partial charge in [-0.25, -0.2) is 4.98 Å². The predicted octanol–water partition coefficient (Wildman–Crippen LogP) is 1.64. The molecule has 0 spiro atoms. The average Bonchev–Trinajstić information content (AvgIpc) is 2.38. The van der Waals surface area contributed by atoms with Crippen molar-refractivity contribution < 1.29 is 0 Å². The molecule has 6 heteroatoms. The molecule has 0 radical (unpaired) electrons. The van der Waals surface area contributed by atoms with E-state index in [1.54, 1.807) is 0 Å². The highest BCUT2D eigenvalue weighted by Gasteiger charge is 2.06. The van der Waals surface area contributed by atoms with E-state index in [1.165, 1.54) is 38.5 Å². The third-order valence-electron chi connectivity index (χ3n) is 2.39. The lowest BCUT2D eigenvalue weighted by Gasteiger charge is -2.08. The number of nitrogen functional groups attached to an aromatic ring is 2. The van der Waals surface area contributed by atoms with Gasteiger partial charge in [0, 0.05) is 0 Å². The Kier molecular flexibility index (Phi) is 5.73. The molecule has 1 aliphatic heterocycles. The molecule has 0 saturated carbocycles. The number of hydrogen-bond acceptors (Lipinski definition) is 5. The largest absolute Gasteiger partial charge is 0.396 e. The van der Waals surface area contributed by atoms with Crippen molar-refractivity contribution in [1.29, 1.82) is 5.26 Å². The second-order valence-electron chi connectivity index (χ2n) is 3.71. The van der Waals surface area contributed by atoms with Crippen LogP contribution in [-0.2, 0) is 0 Å². The number of anilines is 2. The van der Waals surface area contributed by atoms with Gasteiger partial charge in [0.25, 0.3) is 0 Å². The second kappa shape index (κ2) is 7.09. The Hall–Kier alpha value is -1.32. The third kappa shape index (κ3) is 4.21. The first-order chi connectivity index (χ1) is 8.16. The number of nitrogens with zero attached hydrogens (tertiary/aromatic N) is 2. The van der Waals surface area contributed by atoms with Gasteiger partial charge in [0.15, 0.2) is 0 Å². The molecule has 0 atom stereocenters. The van der Waals surface area contributed by atoms with Crippen molar-refractivity contribution in [3.05, 3.63) is 16.2 Å². The topological polar surface area (TPSA) is 101 Å². The fourth-order valence-corrected chi connectivity index (χ4v) is 1.85. The second-order valence-corrected chi connectivity index (χ2v) is 4.50. The predicted molar refractivity (Wildman–Crippen MR) is 72.2 cm³/mol. The van der Waals surface area contributed by atoms with E-state index >= 15 is 0 Å². The first-order valence-corrected chi connectivity index (χ1v) is 6.26. The zero-order valence-electron chi connectivity index (χ0n) is 9.54. The van der Waals surface area contributed by atoms with E-state index in [9.17, 15) is 0 Å². The third-order valence-corrected chi connectivity index (χ3v) is 3.20. The minimum Gasteiger partial charge on any atom is -0.396 e. The number of halogens is 1. The van der Waals surface area contributed by atoms with Crippen LogP contribution in [0.5, 0.6) is 0 Å². The summed E-state index contributed by atoms with van der Waals surface area (Å²) in [5.41, 5.74) is 11.5. The summed E-state index contributed by atoms with van der Waals surface area (Å²) < 4.78 is 0.458. The molecule has 5 nitrogen and oxygen atoms in total. The molecule has 92 valence electrons. The van der Waals surface area contributed by atoms with Gasteiger partial charge in [0.05, 0.1) is 21.9 Å². The molecular formula is C11H16BrN5. The van der Waals surface area contributed by atoms with Crippen LogP contribution in [0, 0.1) is 11.3 Å². The maximum Gasteiger partial charge on any atom is 0.139 e. The Morgan fingerprint density at radius 2 is 1.94 bits per heavy atom. The highest BCUT2D eigenvalue weighted by Crippen LogP contribution is 2.25. The fraction of sp³-hybridized carbons (Fsp3) is 0.455. The van der Waals surface area contributed by atoms with E-state index in [0.29, 0.717) is 15.7 Å². The van der Waals surface area contributed by atoms with Gasteiger partial charge in [0.1, 0.15) is 11.9 Å². The number of nitriles is 1. The molecule has 0 aromatic carbocycles. The summed E-state index contributed by atoms with van der Waals surface area (Å²) in [5.74, 6) is 0.274. The maximum atomic E-state index is 8.58. The van der Waals surface area contributed by atoms with Crippen molar-refractivity contribution in [3.63, 3.8) is 0 Å². The number of rotatable bonds is 0. The summed E-state index contributed by atoms with van der Waals surface area (Å²) >= 11 is 3.10. The van der Waals surface area contributed by atoms with Crippen LogP contribution in [0.2, 0.25) is 0 Å². The summed E-state index contributed by atoms with van der Waals surface area (Å²) in [4.78, 5) is 3.74. The molecule has 1 saturated heterocycles. The summed E-state index contributed by atoms with van der Waals surface area (Å²) in [5, 5.41) is 11.9. The average molecular weight is 298 g/mol. The van der Waals surface area contributed by atoms with Crippen LogP contribution in [0.25, 0.3) is 0 Å². The van der Waals surface area contributed by atoms with E-state index in [0.717, 1.165) is 0 Å². The van der Waals surface area contributed by atoms with Crippen LogP contribution in [-0.4, -0.2) is 18.1 Å². The molecular weight excluding hydrogens is 282 g/mol. The first kappa shape index (κ1) is 13.7. The van der Waals surface area contributed by atoms with Crippen molar-refractivity contribution in [2.24, 2.45) is 0 Å². The highest BCUT2D eigenvalue weighted by atomic mass is 79.9. The molecule has 1 aromatic heterocycles. The van der Waals surface area contributed by atoms with Gasteiger partial charge in [-0.1, -0.05) is 6.42 Å². The van der Waals surface area contributed by atoms with Gasteiger partial charge in [-0.05, 0) is 41.9 Å². The number of aromatic nitrogens is 1. The number of pyridine rings is 1. The SMILES string of the molecule is C1CCNCC1.N#Cc1c(N)cnc(N)c1Br. The highest BCUT2D eigenvalue weighted by molar-refractivity contribution is 9.10. The van der Waals surface area contributed by atoms with Crippen molar-refractivity contribution in [2.45, 2.75) is 19.3 Å². The van der Waals surface area contributed by atoms with Crippen molar-refractivity contribution in [2.75, 3.05) is 24.6 Å². The minimum atomic E-state index is 0.274. The lowest BCUT2D eigenvalue weighted by atomic mass is 10.2. The monoisotopic (exact) mass is 297 g/mol. The van der Waals surface area contributed by atoms with E-state index in [-0.39, 0.29) is 5.82 Å². The van der Waals surface area contributed by atoms with Gasteiger partial charge in [-0.15, -0.1) is 0 Å². The smallest absolute Gasteiger partial charge is 0.139 e. The lowest BCUT2D eigenvalue weighted by Crippen LogP contribution is -2.21. The maximum absolute atomic E-state index is 8.58. The summed E-state index contributed by atoms with van der Waals surface area (Å²) in [6.45, 7) is 2.50. The summed E-state index contributed by atoms with van der Waals surface area (Å²) in [7, 11) is 0. The molecule has 1 aromatic rings. The fourth-order valence-electron chi connectivity index (χ4n) is 1.43. The van der Waals surface area contributed by atoms with E-state index in [1.807, 2.05) is 6.07 Å².